The third kappa shape index (κ3) is 1.35. The smallest absolute Gasteiger partial charge is 0.330 e. The summed E-state index contributed by atoms with van der Waals surface area (Å²) in [4.78, 5) is 10.4. The van der Waals surface area contributed by atoms with Crippen LogP contribution in [-0.2, 0) is 7.05 Å². The molecule has 1 saturated heterocycles. The highest BCUT2D eigenvalue weighted by atomic mass is 16.6. The summed E-state index contributed by atoms with van der Waals surface area (Å²) in [7, 11) is 1.69. The van der Waals surface area contributed by atoms with E-state index < -0.39 is 4.92 Å². The molecule has 2 unspecified atom stereocenters. The zero-order valence-corrected chi connectivity index (χ0v) is 8.88. The molecular weight excluding hydrogens is 210 g/mol. The molecule has 2 fully saturated rings. The van der Waals surface area contributed by atoms with Gasteiger partial charge < -0.3 is 10.6 Å². The lowest BCUT2D eigenvalue weighted by atomic mass is 10.4. The van der Waals surface area contributed by atoms with Crippen LogP contribution in [0.3, 0.4) is 0 Å². The predicted octanol–water partition coefficient (Wildman–Crippen LogP) is -0.0420. The van der Waals surface area contributed by atoms with Crippen LogP contribution in [0, 0.1) is 22.0 Å². The maximum absolute atomic E-state index is 10.8. The zero-order chi connectivity index (χ0) is 11.3. The molecule has 1 saturated carbocycles. The second-order valence-corrected chi connectivity index (χ2v) is 4.45. The number of nitro groups is 1. The van der Waals surface area contributed by atoms with E-state index in [4.69, 9.17) is 0 Å². The predicted molar refractivity (Wildman–Crippen MR) is 57.1 cm³/mol. The highest BCUT2D eigenvalue weighted by molar-refractivity contribution is 5.56. The van der Waals surface area contributed by atoms with Crippen molar-refractivity contribution in [3.05, 3.63) is 16.3 Å². The Balaban J connectivity index is 1.77. The van der Waals surface area contributed by atoms with E-state index in [1.807, 2.05) is 0 Å². The first kappa shape index (κ1) is 9.59. The van der Waals surface area contributed by atoms with E-state index in [1.165, 1.54) is 10.9 Å². The zero-order valence-electron chi connectivity index (χ0n) is 8.88. The minimum Gasteiger partial charge on any atom is -0.359 e. The number of hydrogen-bond donors (Lipinski definition) is 2. The first-order chi connectivity index (χ1) is 7.66. The average Bonchev–Trinajstić information content (AvgIpc) is 2.66. The molecule has 1 aromatic heterocycles. The summed E-state index contributed by atoms with van der Waals surface area (Å²) >= 11 is 0. The van der Waals surface area contributed by atoms with Crippen LogP contribution in [0.4, 0.5) is 11.5 Å². The number of aryl methyl sites for hydroxylation is 1. The van der Waals surface area contributed by atoms with Gasteiger partial charge in [0.05, 0.1) is 4.92 Å². The largest absolute Gasteiger partial charge is 0.359 e. The van der Waals surface area contributed by atoms with Crippen LogP contribution in [0.25, 0.3) is 0 Å². The third-order valence-corrected chi connectivity index (χ3v) is 3.40. The number of hydrogen-bond acceptors (Lipinski definition) is 5. The van der Waals surface area contributed by atoms with Crippen molar-refractivity contribution in [2.45, 2.75) is 6.04 Å². The number of anilines is 1. The standard InChI is InChI=1S/C9H13N5O2/c1-13-4-7(14(15)16)9(12-13)11-8-5-2-10-3-6(5)8/h4-6,8,10H,2-3H2,1H3,(H,11,12). The van der Waals surface area contributed by atoms with Crippen molar-refractivity contribution in [2.75, 3.05) is 18.4 Å². The van der Waals surface area contributed by atoms with Crippen molar-refractivity contribution in [3.8, 4) is 0 Å². The van der Waals surface area contributed by atoms with Gasteiger partial charge in [0.15, 0.2) is 0 Å². The summed E-state index contributed by atoms with van der Waals surface area (Å²) in [5.41, 5.74) is 0.0560. The number of piperidine rings is 1. The van der Waals surface area contributed by atoms with Crippen molar-refractivity contribution >= 4 is 11.5 Å². The Morgan fingerprint density at radius 1 is 1.62 bits per heavy atom. The lowest BCUT2D eigenvalue weighted by Gasteiger charge is -2.05. The number of aromatic nitrogens is 2. The topological polar surface area (TPSA) is 85.0 Å². The second kappa shape index (κ2) is 3.18. The summed E-state index contributed by atoms with van der Waals surface area (Å²) < 4.78 is 1.47. The van der Waals surface area contributed by atoms with Gasteiger partial charge in [-0.05, 0) is 11.8 Å². The number of rotatable bonds is 3. The van der Waals surface area contributed by atoms with Crippen molar-refractivity contribution < 1.29 is 4.92 Å². The molecule has 1 aliphatic carbocycles. The van der Waals surface area contributed by atoms with E-state index >= 15 is 0 Å². The fraction of sp³-hybridized carbons (Fsp3) is 0.667. The first-order valence-corrected chi connectivity index (χ1v) is 5.32. The Labute approximate surface area is 92.0 Å². The molecule has 16 heavy (non-hydrogen) atoms. The molecule has 2 atom stereocenters. The maximum Gasteiger partial charge on any atom is 0.330 e. The van der Waals surface area contributed by atoms with Gasteiger partial charge in [-0.15, -0.1) is 5.10 Å². The number of nitrogens with one attached hydrogen (secondary N) is 2. The van der Waals surface area contributed by atoms with Crippen LogP contribution in [-0.4, -0.2) is 33.8 Å². The van der Waals surface area contributed by atoms with Crippen LogP contribution >= 0.6 is 0 Å². The Hall–Kier alpha value is -1.63. The van der Waals surface area contributed by atoms with Gasteiger partial charge in [0.25, 0.3) is 0 Å². The molecule has 7 heteroatoms. The van der Waals surface area contributed by atoms with Crippen LogP contribution < -0.4 is 10.6 Å². The fourth-order valence-electron chi connectivity index (χ4n) is 2.50. The van der Waals surface area contributed by atoms with Crippen molar-refractivity contribution in [2.24, 2.45) is 18.9 Å². The van der Waals surface area contributed by atoms with E-state index in [2.05, 4.69) is 15.7 Å². The lowest BCUT2D eigenvalue weighted by molar-refractivity contribution is -0.384. The molecule has 1 aliphatic heterocycles. The van der Waals surface area contributed by atoms with Gasteiger partial charge in [-0.3, -0.25) is 14.8 Å². The fourth-order valence-corrected chi connectivity index (χ4v) is 2.50. The van der Waals surface area contributed by atoms with Gasteiger partial charge in [-0.2, -0.15) is 0 Å². The van der Waals surface area contributed by atoms with Gasteiger partial charge in [0, 0.05) is 26.2 Å². The normalized spacial score (nSPS) is 31.2. The van der Waals surface area contributed by atoms with Crippen molar-refractivity contribution in [1.29, 1.82) is 0 Å². The van der Waals surface area contributed by atoms with E-state index in [-0.39, 0.29) is 5.69 Å². The minimum atomic E-state index is -0.397. The molecule has 2 N–H and O–H groups in total. The summed E-state index contributed by atoms with van der Waals surface area (Å²) in [5, 5.41) is 21.3. The molecule has 2 heterocycles. The molecule has 7 nitrogen and oxygen atoms in total. The van der Waals surface area contributed by atoms with Gasteiger partial charge in [-0.1, -0.05) is 0 Å². The Bertz CT molecular complexity index is 433. The van der Waals surface area contributed by atoms with Crippen LogP contribution in [0.2, 0.25) is 0 Å². The van der Waals surface area contributed by atoms with E-state index in [0.29, 0.717) is 23.7 Å². The SMILES string of the molecule is Cn1cc([N+](=O)[O-])c(NC2C3CNCC32)n1. The van der Waals surface area contributed by atoms with E-state index in [1.54, 1.807) is 7.05 Å². The molecule has 0 radical (unpaired) electrons. The van der Waals surface area contributed by atoms with E-state index in [0.717, 1.165) is 13.1 Å². The quantitative estimate of drug-likeness (QED) is 0.554. The highest BCUT2D eigenvalue weighted by Gasteiger charge is 2.53. The van der Waals surface area contributed by atoms with Gasteiger partial charge in [-0.25, -0.2) is 0 Å². The Morgan fingerprint density at radius 3 is 2.94 bits per heavy atom. The van der Waals surface area contributed by atoms with Crippen LogP contribution in [0.5, 0.6) is 0 Å². The molecule has 2 aliphatic rings. The monoisotopic (exact) mass is 223 g/mol. The third-order valence-electron chi connectivity index (χ3n) is 3.40. The summed E-state index contributed by atoms with van der Waals surface area (Å²) in [6.07, 6.45) is 1.43. The van der Waals surface area contributed by atoms with Gasteiger partial charge in [0.2, 0.25) is 5.82 Å². The van der Waals surface area contributed by atoms with Crippen LogP contribution in [0.15, 0.2) is 6.20 Å². The van der Waals surface area contributed by atoms with Crippen LogP contribution in [0.1, 0.15) is 0 Å². The number of nitrogens with zero attached hydrogens (tertiary/aromatic N) is 3. The molecule has 0 amide bonds. The average molecular weight is 223 g/mol. The molecule has 86 valence electrons. The Kier molecular flexibility index (Phi) is 1.90. The molecule has 3 rings (SSSR count). The number of fused-ring (bicyclic) bond motifs is 1. The molecule has 0 spiro atoms. The Morgan fingerprint density at radius 2 is 2.31 bits per heavy atom. The summed E-state index contributed by atoms with van der Waals surface area (Å²) in [5.74, 6) is 1.62. The van der Waals surface area contributed by atoms with Gasteiger partial charge in [0.1, 0.15) is 6.20 Å². The molecular formula is C9H13N5O2. The second-order valence-electron chi connectivity index (χ2n) is 4.45. The van der Waals surface area contributed by atoms with Crippen molar-refractivity contribution in [3.63, 3.8) is 0 Å². The van der Waals surface area contributed by atoms with Gasteiger partial charge >= 0.3 is 5.69 Å². The van der Waals surface area contributed by atoms with E-state index in [9.17, 15) is 10.1 Å². The van der Waals surface area contributed by atoms with Crippen molar-refractivity contribution in [1.82, 2.24) is 15.1 Å². The molecule has 0 aromatic carbocycles. The maximum atomic E-state index is 10.8. The minimum absolute atomic E-state index is 0.0560. The summed E-state index contributed by atoms with van der Waals surface area (Å²) in [6.45, 7) is 2.01. The lowest BCUT2D eigenvalue weighted by Crippen LogP contribution is -2.21. The molecule has 1 aromatic rings. The highest BCUT2D eigenvalue weighted by Crippen LogP contribution is 2.44. The summed E-state index contributed by atoms with van der Waals surface area (Å²) in [6, 6.07) is 0.356. The first-order valence-electron chi connectivity index (χ1n) is 5.32. The molecule has 0 bridgehead atoms.